The zero-order valence-electron chi connectivity index (χ0n) is 23.3. The Labute approximate surface area is 210 Å². The molecule has 0 saturated heterocycles. The highest BCUT2D eigenvalue weighted by molar-refractivity contribution is 5.90. The molecule has 0 saturated carbocycles. The van der Waals surface area contributed by atoms with E-state index in [0.29, 0.717) is 17.8 Å². The Hall–Kier alpha value is -1.58. The summed E-state index contributed by atoms with van der Waals surface area (Å²) >= 11 is 0. The second-order valence-corrected chi connectivity index (χ2v) is 10.6. The number of carbonyl (C=O) groups is 2. The molecule has 0 N–H and O–H groups in total. The molecule has 0 fully saturated rings. The SMILES string of the molecule is CCCCCCCCCCCCCCCCCCOC(=O)/C(C)=C/C=C(\C)C(=O)OC(C)(C)C. The lowest BCUT2D eigenvalue weighted by Gasteiger charge is -2.19. The van der Waals surface area contributed by atoms with Crippen molar-refractivity contribution in [1.82, 2.24) is 0 Å². The van der Waals surface area contributed by atoms with Crippen LogP contribution in [-0.4, -0.2) is 24.1 Å². The van der Waals surface area contributed by atoms with Gasteiger partial charge in [-0.15, -0.1) is 0 Å². The molecule has 0 bridgehead atoms. The molecule has 0 aliphatic rings. The zero-order valence-corrected chi connectivity index (χ0v) is 23.3. The first kappa shape index (κ1) is 32.4. The van der Waals surface area contributed by atoms with E-state index < -0.39 is 5.60 Å². The maximum Gasteiger partial charge on any atom is 0.334 e. The van der Waals surface area contributed by atoms with E-state index in [0.717, 1.165) is 12.8 Å². The Balaban J connectivity index is 3.65. The van der Waals surface area contributed by atoms with Crippen molar-refractivity contribution < 1.29 is 19.1 Å². The van der Waals surface area contributed by atoms with Crippen LogP contribution in [0.15, 0.2) is 23.3 Å². The molecule has 0 atom stereocenters. The Morgan fingerprint density at radius 1 is 0.588 bits per heavy atom. The van der Waals surface area contributed by atoms with Crippen molar-refractivity contribution in [2.45, 2.75) is 150 Å². The topological polar surface area (TPSA) is 52.6 Å². The number of carbonyl (C=O) groups excluding carboxylic acids is 2. The molecule has 0 spiro atoms. The maximum absolute atomic E-state index is 12.1. The molecular formula is C30H54O4. The summed E-state index contributed by atoms with van der Waals surface area (Å²) < 4.78 is 10.6. The van der Waals surface area contributed by atoms with E-state index in [4.69, 9.17) is 9.47 Å². The van der Waals surface area contributed by atoms with E-state index in [1.165, 1.54) is 89.9 Å². The van der Waals surface area contributed by atoms with Crippen LogP contribution in [0.1, 0.15) is 144 Å². The Morgan fingerprint density at radius 2 is 0.941 bits per heavy atom. The number of ether oxygens (including phenoxy) is 2. The summed E-state index contributed by atoms with van der Waals surface area (Å²) in [6.07, 6.45) is 24.4. The predicted molar refractivity (Wildman–Crippen MR) is 144 cm³/mol. The lowest BCUT2D eigenvalue weighted by Crippen LogP contribution is -2.24. The van der Waals surface area contributed by atoms with E-state index >= 15 is 0 Å². The Bertz CT molecular complexity index is 595. The number of esters is 2. The summed E-state index contributed by atoms with van der Waals surface area (Å²) in [5, 5.41) is 0. The molecule has 0 radical (unpaired) electrons. The smallest absolute Gasteiger partial charge is 0.334 e. The highest BCUT2D eigenvalue weighted by Crippen LogP contribution is 2.14. The van der Waals surface area contributed by atoms with Crippen molar-refractivity contribution in [2.24, 2.45) is 0 Å². The fourth-order valence-electron chi connectivity index (χ4n) is 3.67. The van der Waals surface area contributed by atoms with Crippen LogP contribution in [0.5, 0.6) is 0 Å². The van der Waals surface area contributed by atoms with Gasteiger partial charge in [0.15, 0.2) is 0 Å². The first-order valence-electron chi connectivity index (χ1n) is 13.9. The summed E-state index contributed by atoms with van der Waals surface area (Å²) in [6.45, 7) is 11.6. The minimum Gasteiger partial charge on any atom is -0.462 e. The van der Waals surface area contributed by atoms with Crippen LogP contribution in [0.3, 0.4) is 0 Å². The molecule has 0 rings (SSSR count). The molecule has 0 aromatic heterocycles. The van der Waals surface area contributed by atoms with Gasteiger partial charge in [-0.3, -0.25) is 0 Å². The summed E-state index contributed by atoms with van der Waals surface area (Å²) in [4.78, 5) is 24.0. The van der Waals surface area contributed by atoms with E-state index in [-0.39, 0.29) is 11.9 Å². The molecule has 4 nitrogen and oxygen atoms in total. The molecule has 0 aliphatic heterocycles. The minimum absolute atomic E-state index is 0.325. The van der Waals surface area contributed by atoms with E-state index in [1.807, 2.05) is 20.8 Å². The number of hydrogen-bond donors (Lipinski definition) is 0. The number of unbranched alkanes of at least 4 members (excludes halogenated alkanes) is 15. The van der Waals surface area contributed by atoms with Crippen LogP contribution < -0.4 is 0 Å². The van der Waals surface area contributed by atoms with Gasteiger partial charge in [0, 0.05) is 11.1 Å². The molecule has 0 heterocycles. The normalized spacial score (nSPS) is 12.6. The fourth-order valence-corrected chi connectivity index (χ4v) is 3.67. The third-order valence-corrected chi connectivity index (χ3v) is 5.86. The molecule has 0 aromatic carbocycles. The highest BCUT2D eigenvalue weighted by Gasteiger charge is 2.17. The van der Waals surface area contributed by atoms with E-state index in [9.17, 15) is 9.59 Å². The van der Waals surface area contributed by atoms with Crippen molar-refractivity contribution in [3.8, 4) is 0 Å². The molecule has 0 unspecified atom stereocenters. The number of rotatable bonds is 20. The van der Waals surface area contributed by atoms with Gasteiger partial charge in [-0.05, 0) is 41.0 Å². The lowest BCUT2D eigenvalue weighted by atomic mass is 10.0. The quantitative estimate of drug-likeness (QED) is 0.0758. The van der Waals surface area contributed by atoms with Gasteiger partial charge in [0.25, 0.3) is 0 Å². The third-order valence-electron chi connectivity index (χ3n) is 5.86. The van der Waals surface area contributed by atoms with E-state index in [2.05, 4.69) is 6.92 Å². The number of allylic oxidation sites excluding steroid dienone is 2. The van der Waals surface area contributed by atoms with E-state index in [1.54, 1.807) is 26.0 Å². The van der Waals surface area contributed by atoms with Crippen LogP contribution in [0.4, 0.5) is 0 Å². The van der Waals surface area contributed by atoms with Crippen molar-refractivity contribution in [3.63, 3.8) is 0 Å². The van der Waals surface area contributed by atoms with Gasteiger partial charge in [0.2, 0.25) is 0 Å². The van der Waals surface area contributed by atoms with Gasteiger partial charge in [0.05, 0.1) is 6.61 Å². The average molecular weight is 479 g/mol. The van der Waals surface area contributed by atoms with Crippen LogP contribution in [-0.2, 0) is 19.1 Å². The molecule has 0 aliphatic carbocycles. The molecule has 0 aromatic rings. The molecule has 198 valence electrons. The second kappa shape index (κ2) is 20.8. The van der Waals surface area contributed by atoms with Gasteiger partial charge < -0.3 is 9.47 Å². The van der Waals surface area contributed by atoms with Crippen LogP contribution in [0.2, 0.25) is 0 Å². The lowest BCUT2D eigenvalue weighted by molar-refractivity contribution is -0.149. The zero-order chi connectivity index (χ0) is 25.7. The third kappa shape index (κ3) is 21.0. The van der Waals surface area contributed by atoms with Crippen molar-refractivity contribution in [3.05, 3.63) is 23.3 Å². The molecule has 34 heavy (non-hydrogen) atoms. The van der Waals surface area contributed by atoms with Gasteiger partial charge in [-0.25, -0.2) is 9.59 Å². The largest absolute Gasteiger partial charge is 0.462 e. The minimum atomic E-state index is -0.531. The molecule has 4 heteroatoms. The van der Waals surface area contributed by atoms with Gasteiger partial charge >= 0.3 is 11.9 Å². The summed E-state index contributed by atoms with van der Waals surface area (Å²) in [5.74, 6) is -0.702. The predicted octanol–water partition coefficient (Wildman–Crippen LogP) is 9.03. The monoisotopic (exact) mass is 478 g/mol. The standard InChI is InChI=1S/C30H54O4/c1-7-8-9-10-11-12-13-14-15-16-17-18-19-20-21-22-25-33-28(31)26(2)23-24-27(3)29(32)34-30(4,5)6/h23-24H,7-22,25H2,1-6H3/b26-23+,27-24+. The fraction of sp³-hybridized carbons (Fsp3) is 0.800. The maximum atomic E-state index is 12.1. The second-order valence-electron chi connectivity index (χ2n) is 10.6. The summed E-state index contributed by atoms with van der Waals surface area (Å²) in [6, 6.07) is 0. The van der Waals surface area contributed by atoms with Crippen molar-refractivity contribution in [1.29, 1.82) is 0 Å². The number of hydrogen-bond acceptors (Lipinski definition) is 4. The van der Waals surface area contributed by atoms with Gasteiger partial charge in [-0.1, -0.05) is 115 Å². The van der Waals surface area contributed by atoms with Gasteiger partial charge in [0.1, 0.15) is 5.60 Å². The summed E-state index contributed by atoms with van der Waals surface area (Å²) in [5.41, 5.74) is 0.413. The van der Waals surface area contributed by atoms with Crippen LogP contribution >= 0.6 is 0 Å². The molecule has 0 amide bonds. The molecular weight excluding hydrogens is 424 g/mol. The first-order valence-corrected chi connectivity index (χ1v) is 13.9. The van der Waals surface area contributed by atoms with Gasteiger partial charge in [-0.2, -0.15) is 0 Å². The van der Waals surface area contributed by atoms with Crippen LogP contribution in [0, 0.1) is 0 Å². The Kier molecular flexibility index (Phi) is 19.8. The van der Waals surface area contributed by atoms with Crippen LogP contribution in [0.25, 0.3) is 0 Å². The van der Waals surface area contributed by atoms with Crippen molar-refractivity contribution >= 4 is 11.9 Å². The average Bonchev–Trinajstić information content (AvgIpc) is 2.77. The first-order chi connectivity index (χ1) is 16.2. The Morgan fingerprint density at radius 3 is 1.32 bits per heavy atom. The highest BCUT2D eigenvalue weighted by atomic mass is 16.6. The summed E-state index contributed by atoms with van der Waals surface area (Å²) in [7, 11) is 0. The van der Waals surface area contributed by atoms with Crippen molar-refractivity contribution in [2.75, 3.05) is 6.61 Å².